The van der Waals surface area contributed by atoms with Crippen molar-refractivity contribution >= 4 is 17.4 Å². The highest BCUT2D eigenvalue weighted by atomic mass is 32.1. The molecule has 2 rings (SSSR count). The lowest BCUT2D eigenvalue weighted by molar-refractivity contribution is 0.995. The average Bonchev–Trinajstić information content (AvgIpc) is 2.27. The van der Waals surface area contributed by atoms with Gasteiger partial charge in [-0.1, -0.05) is 6.08 Å². The molecule has 0 saturated carbocycles. The summed E-state index contributed by atoms with van der Waals surface area (Å²) in [5.41, 5.74) is 1.55. The first-order valence-electron chi connectivity index (χ1n) is 3.62. The zero-order valence-corrected chi connectivity index (χ0v) is 6.87. The predicted octanol–water partition coefficient (Wildman–Crippen LogP) is 3.02. The van der Waals surface area contributed by atoms with Crippen molar-refractivity contribution in [3.63, 3.8) is 0 Å². The van der Waals surface area contributed by atoms with E-state index in [1.807, 2.05) is 11.3 Å². The Morgan fingerprint density at radius 1 is 1.50 bits per heavy atom. The highest BCUT2D eigenvalue weighted by molar-refractivity contribution is 7.13. The van der Waals surface area contributed by atoms with Crippen LogP contribution in [0.2, 0.25) is 0 Å². The van der Waals surface area contributed by atoms with Crippen LogP contribution in [0.4, 0.5) is 0 Å². The summed E-state index contributed by atoms with van der Waals surface area (Å²) >= 11 is 1.90. The van der Waals surface area contributed by atoms with Crippen LogP contribution in [0.15, 0.2) is 12.1 Å². The fourth-order valence-corrected chi connectivity index (χ4v) is 2.35. The minimum absolute atomic E-state index is 1.23. The molecule has 1 aromatic rings. The average molecular weight is 150 g/mol. The van der Waals surface area contributed by atoms with E-state index in [1.165, 1.54) is 22.6 Å². The molecule has 0 atom stereocenters. The third-order valence-electron chi connectivity index (χ3n) is 1.81. The maximum atomic E-state index is 2.31. The maximum absolute atomic E-state index is 2.31. The van der Waals surface area contributed by atoms with Crippen LogP contribution in [0, 0.1) is 6.92 Å². The van der Waals surface area contributed by atoms with E-state index in [-0.39, 0.29) is 0 Å². The lowest BCUT2D eigenvalue weighted by Gasteiger charge is -2.01. The quantitative estimate of drug-likeness (QED) is 0.533. The highest BCUT2D eigenvalue weighted by Gasteiger charge is 2.05. The van der Waals surface area contributed by atoms with Crippen molar-refractivity contribution in [3.8, 4) is 0 Å². The van der Waals surface area contributed by atoms with Crippen molar-refractivity contribution in [2.75, 3.05) is 0 Å². The number of aryl methyl sites for hydroxylation is 2. The molecule has 0 saturated heterocycles. The molecular weight excluding hydrogens is 140 g/mol. The number of fused-ring (bicyclic) bond motifs is 1. The van der Waals surface area contributed by atoms with Crippen molar-refractivity contribution in [3.05, 3.63) is 27.5 Å². The van der Waals surface area contributed by atoms with Gasteiger partial charge >= 0.3 is 0 Å². The summed E-state index contributed by atoms with van der Waals surface area (Å²) in [5, 5.41) is 0. The van der Waals surface area contributed by atoms with Gasteiger partial charge in [0, 0.05) is 9.75 Å². The van der Waals surface area contributed by atoms with Gasteiger partial charge in [-0.3, -0.25) is 0 Å². The fraction of sp³-hybridized carbons (Fsp3) is 0.333. The molecular formula is C9H10S. The van der Waals surface area contributed by atoms with Crippen LogP contribution in [-0.4, -0.2) is 0 Å². The number of hydrogen-bond acceptors (Lipinski definition) is 1. The molecule has 1 aliphatic carbocycles. The van der Waals surface area contributed by atoms with Gasteiger partial charge in [0.2, 0.25) is 0 Å². The second kappa shape index (κ2) is 2.24. The summed E-state index contributed by atoms with van der Waals surface area (Å²) in [5.74, 6) is 0. The second-order valence-electron chi connectivity index (χ2n) is 2.69. The van der Waals surface area contributed by atoms with Gasteiger partial charge in [0.05, 0.1) is 0 Å². The predicted molar refractivity (Wildman–Crippen MR) is 46.4 cm³/mol. The zero-order valence-electron chi connectivity index (χ0n) is 6.05. The van der Waals surface area contributed by atoms with Crippen molar-refractivity contribution < 1.29 is 0 Å². The minimum Gasteiger partial charge on any atom is -0.141 e. The molecule has 0 N–H and O–H groups in total. The van der Waals surface area contributed by atoms with Crippen LogP contribution >= 0.6 is 11.3 Å². The summed E-state index contributed by atoms with van der Waals surface area (Å²) in [6.07, 6.45) is 6.98. The van der Waals surface area contributed by atoms with E-state index < -0.39 is 0 Å². The largest absolute Gasteiger partial charge is 0.141 e. The highest BCUT2D eigenvalue weighted by Crippen LogP contribution is 2.27. The summed E-state index contributed by atoms with van der Waals surface area (Å²) < 4.78 is 0. The molecule has 0 bridgehead atoms. The fourth-order valence-electron chi connectivity index (χ4n) is 1.35. The minimum atomic E-state index is 1.23. The van der Waals surface area contributed by atoms with E-state index in [0.29, 0.717) is 0 Å². The molecule has 52 valence electrons. The van der Waals surface area contributed by atoms with Gasteiger partial charge in [0.25, 0.3) is 0 Å². The van der Waals surface area contributed by atoms with Gasteiger partial charge < -0.3 is 0 Å². The van der Waals surface area contributed by atoms with E-state index in [0.717, 1.165) is 0 Å². The Morgan fingerprint density at radius 3 is 3.20 bits per heavy atom. The summed E-state index contributed by atoms with van der Waals surface area (Å²) in [6.45, 7) is 2.18. The summed E-state index contributed by atoms with van der Waals surface area (Å²) in [7, 11) is 0. The monoisotopic (exact) mass is 150 g/mol. The molecule has 0 aromatic carbocycles. The molecule has 1 aromatic heterocycles. The molecule has 10 heavy (non-hydrogen) atoms. The SMILES string of the molecule is Cc1cc2c(s1)C=CCC2. The normalized spacial score (nSPS) is 15.3. The molecule has 0 fully saturated rings. The molecule has 1 heterocycles. The van der Waals surface area contributed by atoms with Crippen molar-refractivity contribution in [2.24, 2.45) is 0 Å². The van der Waals surface area contributed by atoms with Crippen LogP contribution in [0.3, 0.4) is 0 Å². The van der Waals surface area contributed by atoms with E-state index in [1.54, 1.807) is 5.56 Å². The van der Waals surface area contributed by atoms with Crippen LogP contribution in [0.5, 0.6) is 0 Å². The Kier molecular flexibility index (Phi) is 1.38. The van der Waals surface area contributed by atoms with Gasteiger partial charge in [-0.05, 0) is 37.5 Å². The van der Waals surface area contributed by atoms with Gasteiger partial charge in [0.1, 0.15) is 0 Å². The number of thiophene rings is 1. The lowest BCUT2D eigenvalue weighted by Crippen LogP contribution is -1.86. The molecule has 0 aliphatic heterocycles. The second-order valence-corrected chi connectivity index (χ2v) is 3.98. The summed E-state index contributed by atoms with van der Waals surface area (Å²) in [4.78, 5) is 2.92. The van der Waals surface area contributed by atoms with Gasteiger partial charge in [-0.2, -0.15) is 0 Å². The Balaban J connectivity index is 2.53. The number of hydrogen-bond donors (Lipinski definition) is 0. The molecule has 0 radical (unpaired) electrons. The van der Waals surface area contributed by atoms with Crippen molar-refractivity contribution in [2.45, 2.75) is 19.8 Å². The third kappa shape index (κ3) is 0.907. The number of allylic oxidation sites excluding steroid dienone is 1. The van der Waals surface area contributed by atoms with E-state index in [4.69, 9.17) is 0 Å². The standard InChI is InChI=1S/C9H10S/c1-7-6-8-4-2-3-5-9(8)10-7/h3,5-6H,2,4H2,1H3. The smallest absolute Gasteiger partial charge is 0.0302 e. The van der Waals surface area contributed by atoms with E-state index in [9.17, 15) is 0 Å². The van der Waals surface area contributed by atoms with Gasteiger partial charge in [-0.15, -0.1) is 11.3 Å². The van der Waals surface area contributed by atoms with Crippen molar-refractivity contribution in [1.29, 1.82) is 0 Å². The first kappa shape index (κ1) is 6.17. The topological polar surface area (TPSA) is 0 Å². The maximum Gasteiger partial charge on any atom is 0.0302 e. The van der Waals surface area contributed by atoms with E-state index in [2.05, 4.69) is 25.1 Å². The van der Waals surface area contributed by atoms with Gasteiger partial charge in [0.15, 0.2) is 0 Å². The molecule has 0 amide bonds. The van der Waals surface area contributed by atoms with Crippen LogP contribution in [0.1, 0.15) is 21.7 Å². The van der Waals surface area contributed by atoms with E-state index >= 15 is 0 Å². The lowest BCUT2D eigenvalue weighted by atomic mass is 10.1. The Labute approximate surface area is 65.2 Å². The molecule has 1 aliphatic rings. The Bertz CT molecular complexity index is 268. The zero-order chi connectivity index (χ0) is 6.97. The molecule has 0 nitrogen and oxygen atoms in total. The van der Waals surface area contributed by atoms with Gasteiger partial charge in [-0.25, -0.2) is 0 Å². The van der Waals surface area contributed by atoms with Crippen molar-refractivity contribution in [1.82, 2.24) is 0 Å². The Morgan fingerprint density at radius 2 is 2.40 bits per heavy atom. The first-order chi connectivity index (χ1) is 4.86. The molecule has 0 spiro atoms. The van der Waals surface area contributed by atoms with Crippen LogP contribution < -0.4 is 0 Å². The molecule has 0 unspecified atom stereocenters. The van der Waals surface area contributed by atoms with Crippen LogP contribution in [0.25, 0.3) is 6.08 Å². The third-order valence-corrected chi connectivity index (χ3v) is 2.87. The van der Waals surface area contributed by atoms with Crippen LogP contribution in [-0.2, 0) is 6.42 Å². The summed E-state index contributed by atoms with van der Waals surface area (Å²) in [6, 6.07) is 2.31. The Hall–Kier alpha value is -0.560. The molecule has 1 heteroatoms. The first-order valence-corrected chi connectivity index (χ1v) is 4.44. The number of rotatable bonds is 0.